The van der Waals surface area contributed by atoms with Crippen LogP contribution in [0.25, 0.3) is 0 Å². The van der Waals surface area contributed by atoms with Crippen molar-refractivity contribution in [3.63, 3.8) is 0 Å². The molecule has 1 atom stereocenters. The quantitative estimate of drug-likeness (QED) is 0.787. The fourth-order valence-corrected chi connectivity index (χ4v) is 2.44. The molecule has 114 valence electrons. The molecule has 0 spiro atoms. The summed E-state index contributed by atoms with van der Waals surface area (Å²) in [6.45, 7) is 2.37. The Morgan fingerprint density at radius 1 is 1.19 bits per heavy atom. The fraction of sp³-hybridized carbons (Fsp3) is 0.500. The number of alkyl halides is 3. The predicted molar refractivity (Wildman–Crippen MR) is 68.8 cm³/mol. The molecule has 1 aliphatic heterocycles. The van der Waals surface area contributed by atoms with Crippen molar-refractivity contribution in [1.29, 1.82) is 5.26 Å². The Labute approximate surface area is 120 Å². The summed E-state index contributed by atoms with van der Waals surface area (Å²) in [4.78, 5) is 3.74. The second-order valence-electron chi connectivity index (χ2n) is 5.10. The van der Waals surface area contributed by atoms with Gasteiger partial charge in [0.25, 0.3) is 0 Å². The van der Waals surface area contributed by atoms with Crippen LogP contribution in [-0.4, -0.2) is 43.0 Å². The molecule has 0 radical (unpaired) electrons. The lowest BCUT2D eigenvalue weighted by Crippen LogP contribution is -2.46. The van der Waals surface area contributed by atoms with E-state index in [0.29, 0.717) is 32.2 Å². The number of hydrogen-bond donors (Lipinski definition) is 0. The molecule has 0 bridgehead atoms. The van der Waals surface area contributed by atoms with Gasteiger partial charge in [0.05, 0.1) is 11.6 Å². The highest BCUT2D eigenvalue weighted by molar-refractivity contribution is 5.36. The van der Waals surface area contributed by atoms with E-state index in [1.807, 2.05) is 18.0 Å². The number of nitriles is 1. The van der Waals surface area contributed by atoms with Gasteiger partial charge in [0.15, 0.2) is 0 Å². The maximum Gasteiger partial charge on any atom is 0.416 e. The Hall–Kier alpha value is -1.65. The van der Waals surface area contributed by atoms with Crippen molar-refractivity contribution in [2.45, 2.75) is 12.2 Å². The van der Waals surface area contributed by atoms with Gasteiger partial charge in [-0.15, -0.1) is 0 Å². The third-order valence-corrected chi connectivity index (χ3v) is 3.64. The number of rotatable bonds is 2. The van der Waals surface area contributed by atoms with Crippen molar-refractivity contribution in [1.82, 2.24) is 9.80 Å². The molecule has 1 saturated heterocycles. The molecule has 7 heteroatoms. The van der Waals surface area contributed by atoms with Gasteiger partial charge in [0, 0.05) is 26.2 Å². The summed E-state index contributed by atoms with van der Waals surface area (Å²) < 4.78 is 52.3. The maximum absolute atomic E-state index is 13.1. The largest absolute Gasteiger partial charge is 0.416 e. The molecule has 0 aliphatic carbocycles. The summed E-state index contributed by atoms with van der Waals surface area (Å²) in [5.74, 6) is -0.957. The van der Waals surface area contributed by atoms with Crippen molar-refractivity contribution >= 4 is 0 Å². The molecule has 1 aromatic carbocycles. The van der Waals surface area contributed by atoms with Crippen molar-refractivity contribution in [2.24, 2.45) is 0 Å². The highest BCUT2D eigenvalue weighted by Crippen LogP contribution is 2.36. The van der Waals surface area contributed by atoms with E-state index in [1.54, 1.807) is 4.90 Å². The zero-order valence-corrected chi connectivity index (χ0v) is 11.5. The lowest BCUT2D eigenvalue weighted by atomic mass is 9.98. The number of benzene rings is 1. The van der Waals surface area contributed by atoms with Crippen LogP contribution in [0.1, 0.15) is 17.2 Å². The van der Waals surface area contributed by atoms with E-state index in [0.717, 1.165) is 12.1 Å². The second kappa shape index (κ2) is 6.00. The van der Waals surface area contributed by atoms with Gasteiger partial charge < -0.3 is 4.90 Å². The first-order valence-corrected chi connectivity index (χ1v) is 6.52. The molecule has 0 saturated carbocycles. The third kappa shape index (κ3) is 3.52. The summed E-state index contributed by atoms with van der Waals surface area (Å²) in [6, 6.07) is 3.38. The van der Waals surface area contributed by atoms with Crippen molar-refractivity contribution in [3.8, 4) is 6.07 Å². The zero-order chi connectivity index (χ0) is 15.6. The molecule has 0 amide bonds. The van der Waals surface area contributed by atoms with E-state index >= 15 is 0 Å². The first-order chi connectivity index (χ1) is 9.82. The minimum absolute atomic E-state index is 0.184. The molecule has 0 aromatic heterocycles. The van der Waals surface area contributed by atoms with Crippen LogP contribution in [-0.2, 0) is 6.18 Å². The van der Waals surface area contributed by atoms with Gasteiger partial charge in [0.1, 0.15) is 11.9 Å². The number of hydrogen-bond acceptors (Lipinski definition) is 3. The van der Waals surface area contributed by atoms with E-state index in [1.165, 1.54) is 0 Å². The number of likely N-dealkylation sites (N-methyl/N-ethyl adjacent to an activating group) is 1. The minimum Gasteiger partial charge on any atom is -0.304 e. The lowest BCUT2D eigenvalue weighted by molar-refractivity contribution is -0.138. The molecule has 1 unspecified atom stereocenters. The van der Waals surface area contributed by atoms with Crippen molar-refractivity contribution in [2.75, 3.05) is 33.2 Å². The average molecular weight is 301 g/mol. The summed E-state index contributed by atoms with van der Waals surface area (Å²) in [6.07, 6.45) is -4.68. The Kier molecular flexibility index (Phi) is 4.49. The summed E-state index contributed by atoms with van der Waals surface area (Å²) in [5, 5.41) is 9.29. The van der Waals surface area contributed by atoms with Crippen LogP contribution < -0.4 is 0 Å². The zero-order valence-electron chi connectivity index (χ0n) is 11.5. The highest BCUT2D eigenvalue weighted by atomic mass is 19.4. The third-order valence-electron chi connectivity index (χ3n) is 3.64. The Bertz CT molecular complexity index is 542. The van der Waals surface area contributed by atoms with Gasteiger partial charge >= 0.3 is 6.18 Å². The second-order valence-corrected chi connectivity index (χ2v) is 5.10. The maximum atomic E-state index is 13.1. The lowest BCUT2D eigenvalue weighted by Gasteiger charge is -2.35. The van der Waals surface area contributed by atoms with Gasteiger partial charge in [-0.2, -0.15) is 18.4 Å². The molecule has 2 rings (SSSR count). The summed E-state index contributed by atoms with van der Waals surface area (Å²) >= 11 is 0. The summed E-state index contributed by atoms with van der Waals surface area (Å²) in [7, 11) is 1.91. The minimum atomic E-state index is -4.68. The Balaban J connectivity index is 2.37. The van der Waals surface area contributed by atoms with Crippen LogP contribution in [0.4, 0.5) is 17.6 Å². The average Bonchev–Trinajstić information content (AvgIpc) is 2.42. The normalized spacial score (nSPS) is 19.2. The molecule has 1 aromatic rings. The summed E-state index contributed by atoms with van der Waals surface area (Å²) in [5.41, 5.74) is -1.26. The van der Waals surface area contributed by atoms with Gasteiger partial charge in [-0.05, 0) is 24.7 Å². The number of halogens is 4. The molecule has 3 nitrogen and oxygen atoms in total. The number of piperazine rings is 1. The van der Waals surface area contributed by atoms with Crippen LogP contribution in [0.3, 0.4) is 0 Å². The molecular weight excluding hydrogens is 286 g/mol. The molecule has 21 heavy (non-hydrogen) atoms. The first kappa shape index (κ1) is 15.7. The van der Waals surface area contributed by atoms with Gasteiger partial charge in [-0.1, -0.05) is 6.07 Å². The number of nitrogens with zero attached hydrogens (tertiary/aromatic N) is 3. The monoisotopic (exact) mass is 301 g/mol. The molecule has 1 aliphatic rings. The van der Waals surface area contributed by atoms with Gasteiger partial charge in [-0.3, -0.25) is 4.90 Å². The highest BCUT2D eigenvalue weighted by Gasteiger charge is 2.37. The Morgan fingerprint density at radius 2 is 1.81 bits per heavy atom. The van der Waals surface area contributed by atoms with E-state index < -0.39 is 23.6 Å². The fourth-order valence-electron chi connectivity index (χ4n) is 2.44. The molecule has 1 heterocycles. The van der Waals surface area contributed by atoms with Crippen molar-refractivity contribution in [3.05, 3.63) is 35.1 Å². The predicted octanol–water partition coefficient (Wildman–Crippen LogP) is 2.66. The van der Waals surface area contributed by atoms with Crippen LogP contribution in [0.5, 0.6) is 0 Å². The van der Waals surface area contributed by atoms with Crippen LogP contribution in [0.2, 0.25) is 0 Å². The van der Waals surface area contributed by atoms with E-state index in [2.05, 4.69) is 0 Å². The molecular formula is C14H15F4N3. The van der Waals surface area contributed by atoms with E-state index in [9.17, 15) is 22.8 Å². The Morgan fingerprint density at radius 3 is 2.33 bits per heavy atom. The van der Waals surface area contributed by atoms with Gasteiger partial charge in [0.2, 0.25) is 0 Å². The standard InChI is InChI=1S/C14H15F4N3/c1-20-4-6-21(7-5-20)13(9-19)11-3-2-10(15)8-12(11)14(16,17)18/h2-3,8,13H,4-7H2,1H3. The SMILES string of the molecule is CN1CCN(C(C#N)c2ccc(F)cc2C(F)(F)F)CC1. The molecule has 1 fully saturated rings. The smallest absolute Gasteiger partial charge is 0.304 e. The van der Waals surface area contributed by atoms with E-state index in [4.69, 9.17) is 0 Å². The van der Waals surface area contributed by atoms with Crippen molar-refractivity contribution < 1.29 is 17.6 Å². The van der Waals surface area contributed by atoms with Crippen LogP contribution in [0.15, 0.2) is 18.2 Å². The molecule has 0 N–H and O–H groups in total. The topological polar surface area (TPSA) is 30.3 Å². The first-order valence-electron chi connectivity index (χ1n) is 6.52. The van der Waals surface area contributed by atoms with E-state index in [-0.39, 0.29) is 5.56 Å². The van der Waals surface area contributed by atoms with Gasteiger partial charge in [-0.25, -0.2) is 4.39 Å². The van der Waals surface area contributed by atoms with Crippen LogP contribution in [0, 0.1) is 17.1 Å². The van der Waals surface area contributed by atoms with Crippen LogP contribution >= 0.6 is 0 Å².